The number of hydrogen-bond donors (Lipinski definition) is 1. The molecule has 0 bridgehead atoms. The van der Waals surface area contributed by atoms with Gasteiger partial charge in [-0.1, -0.05) is 41.9 Å². The fraction of sp³-hybridized carbons (Fsp3) is 0.0952. The Hall–Kier alpha value is -2.78. The van der Waals surface area contributed by atoms with Crippen molar-refractivity contribution in [1.29, 1.82) is 0 Å². The van der Waals surface area contributed by atoms with Gasteiger partial charge in [0.1, 0.15) is 5.75 Å². The van der Waals surface area contributed by atoms with Crippen molar-refractivity contribution in [2.75, 3.05) is 6.61 Å². The van der Waals surface area contributed by atoms with Gasteiger partial charge in [0.05, 0.1) is 12.2 Å². The molecule has 1 heterocycles. The van der Waals surface area contributed by atoms with Crippen LogP contribution in [0.3, 0.4) is 0 Å². The summed E-state index contributed by atoms with van der Waals surface area (Å²) in [6.45, 7) is 0.703. The maximum absolute atomic E-state index is 11.3. The van der Waals surface area contributed by atoms with E-state index in [-0.39, 0.29) is 5.56 Å². The molecule has 4 rings (SSSR count). The minimum absolute atomic E-state index is 0.255. The van der Waals surface area contributed by atoms with Crippen molar-refractivity contribution >= 4 is 17.6 Å². The largest absolute Gasteiger partial charge is 0.493 e. The third kappa shape index (κ3) is 2.87. The summed E-state index contributed by atoms with van der Waals surface area (Å²) in [6.07, 6.45) is 0.886. The number of ether oxygens (including phenoxy) is 1. The smallest absolute Gasteiger partial charge is 0.335 e. The van der Waals surface area contributed by atoms with Crippen LogP contribution >= 0.6 is 11.6 Å². The van der Waals surface area contributed by atoms with Crippen LogP contribution in [0.1, 0.15) is 15.9 Å². The molecule has 1 aliphatic rings. The van der Waals surface area contributed by atoms with Gasteiger partial charge in [-0.2, -0.15) is 0 Å². The van der Waals surface area contributed by atoms with Gasteiger partial charge in [0, 0.05) is 17.0 Å². The second-order valence-electron chi connectivity index (χ2n) is 5.97. The Kier molecular flexibility index (Phi) is 3.94. The standard InChI is InChI=1S/C21H15ClO3/c22-18-6-2-5-17(13-3-1-4-16(11-13)21(23)24)20(18)15-7-8-19-14(12-15)9-10-25-19/h1-8,11-12H,9-10H2,(H,23,24). The van der Waals surface area contributed by atoms with E-state index in [9.17, 15) is 9.90 Å². The molecule has 0 spiro atoms. The molecular formula is C21H15ClO3. The van der Waals surface area contributed by atoms with Gasteiger partial charge in [0.2, 0.25) is 0 Å². The van der Waals surface area contributed by atoms with E-state index in [1.54, 1.807) is 18.2 Å². The van der Waals surface area contributed by atoms with Gasteiger partial charge in [-0.05, 0) is 52.6 Å². The molecule has 0 unspecified atom stereocenters. The minimum Gasteiger partial charge on any atom is -0.493 e. The fourth-order valence-corrected chi connectivity index (χ4v) is 3.50. The first kappa shape index (κ1) is 15.7. The predicted octanol–water partition coefficient (Wildman–Crippen LogP) is 5.31. The number of aromatic carboxylic acids is 1. The van der Waals surface area contributed by atoms with Crippen LogP contribution < -0.4 is 4.74 Å². The number of benzene rings is 3. The van der Waals surface area contributed by atoms with E-state index in [1.165, 1.54) is 5.56 Å². The first-order chi connectivity index (χ1) is 12.1. The van der Waals surface area contributed by atoms with Crippen LogP contribution in [-0.2, 0) is 6.42 Å². The molecule has 124 valence electrons. The zero-order valence-electron chi connectivity index (χ0n) is 13.3. The highest BCUT2D eigenvalue weighted by Crippen LogP contribution is 2.40. The summed E-state index contributed by atoms with van der Waals surface area (Å²) >= 11 is 6.52. The molecule has 0 fully saturated rings. The summed E-state index contributed by atoms with van der Waals surface area (Å²) in [5, 5.41) is 9.90. The van der Waals surface area contributed by atoms with E-state index in [4.69, 9.17) is 16.3 Å². The number of carbonyl (C=O) groups is 1. The normalized spacial score (nSPS) is 12.5. The lowest BCUT2D eigenvalue weighted by Crippen LogP contribution is -1.96. The maximum atomic E-state index is 11.3. The molecule has 0 aromatic heterocycles. The third-order valence-electron chi connectivity index (χ3n) is 4.41. The van der Waals surface area contributed by atoms with E-state index in [0.29, 0.717) is 11.6 Å². The molecule has 4 heteroatoms. The van der Waals surface area contributed by atoms with Crippen LogP contribution in [0.2, 0.25) is 5.02 Å². The van der Waals surface area contributed by atoms with Gasteiger partial charge >= 0.3 is 5.97 Å². The van der Waals surface area contributed by atoms with Crippen molar-refractivity contribution in [3.05, 3.63) is 76.8 Å². The Balaban J connectivity index is 1.90. The lowest BCUT2D eigenvalue weighted by atomic mass is 9.92. The first-order valence-electron chi connectivity index (χ1n) is 8.02. The predicted molar refractivity (Wildman–Crippen MR) is 98.5 cm³/mol. The quantitative estimate of drug-likeness (QED) is 0.696. The molecule has 1 N–H and O–H groups in total. The summed E-state index contributed by atoms with van der Waals surface area (Å²) < 4.78 is 5.58. The molecule has 0 atom stereocenters. The number of halogens is 1. The Morgan fingerprint density at radius 3 is 2.68 bits per heavy atom. The molecule has 0 aliphatic carbocycles. The number of fused-ring (bicyclic) bond motifs is 1. The van der Waals surface area contributed by atoms with E-state index in [1.807, 2.05) is 36.4 Å². The van der Waals surface area contributed by atoms with Crippen molar-refractivity contribution < 1.29 is 14.6 Å². The van der Waals surface area contributed by atoms with Crippen molar-refractivity contribution in [3.8, 4) is 28.0 Å². The summed E-state index contributed by atoms with van der Waals surface area (Å²) in [4.78, 5) is 11.3. The fourth-order valence-electron chi connectivity index (χ4n) is 3.22. The zero-order chi connectivity index (χ0) is 17.4. The van der Waals surface area contributed by atoms with Crippen LogP contribution in [0.4, 0.5) is 0 Å². The molecule has 1 aliphatic heterocycles. The topological polar surface area (TPSA) is 46.5 Å². The Labute approximate surface area is 150 Å². The lowest BCUT2D eigenvalue weighted by Gasteiger charge is -2.13. The Bertz CT molecular complexity index is 979. The van der Waals surface area contributed by atoms with E-state index in [0.717, 1.165) is 34.4 Å². The molecule has 0 saturated carbocycles. The van der Waals surface area contributed by atoms with Crippen LogP contribution in [0, 0.1) is 0 Å². The highest BCUT2D eigenvalue weighted by atomic mass is 35.5. The summed E-state index contributed by atoms with van der Waals surface area (Å²) in [5.74, 6) is -0.0228. The summed E-state index contributed by atoms with van der Waals surface area (Å²) in [5.41, 5.74) is 5.07. The third-order valence-corrected chi connectivity index (χ3v) is 4.73. The molecule has 3 nitrogen and oxygen atoms in total. The number of carboxylic acids is 1. The highest BCUT2D eigenvalue weighted by Gasteiger charge is 2.17. The van der Waals surface area contributed by atoms with E-state index in [2.05, 4.69) is 6.07 Å². The van der Waals surface area contributed by atoms with Gasteiger partial charge in [-0.3, -0.25) is 0 Å². The molecule has 25 heavy (non-hydrogen) atoms. The molecular weight excluding hydrogens is 336 g/mol. The first-order valence-corrected chi connectivity index (χ1v) is 8.39. The zero-order valence-corrected chi connectivity index (χ0v) is 14.1. The van der Waals surface area contributed by atoms with Gasteiger partial charge < -0.3 is 9.84 Å². The van der Waals surface area contributed by atoms with Gasteiger partial charge in [0.25, 0.3) is 0 Å². The van der Waals surface area contributed by atoms with Crippen LogP contribution in [0.5, 0.6) is 5.75 Å². The molecule has 0 amide bonds. The van der Waals surface area contributed by atoms with Gasteiger partial charge in [-0.15, -0.1) is 0 Å². The van der Waals surface area contributed by atoms with Crippen LogP contribution in [-0.4, -0.2) is 17.7 Å². The van der Waals surface area contributed by atoms with E-state index < -0.39 is 5.97 Å². The van der Waals surface area contributed by atoms with Gasteiger partial charge in [0.15, 0.2) is 0 Å². The maximum Gasteiger partial charge on any atom is 0.335 e. The number of carboxylic acid groups (broad SMARTS) is 1. The second-order valence-corrected chi connectivity index (χ2v) is 6.38. The van der Waals surface area contributed by atoms with Crippen molar-refractivity contribution in [2.45, 2.75) is 6.42 Å². The average Bonchev–Trinajstić information content (AvgIpc) is 3.09. The van der Waals surface area contributed by atoms with Crippen LogP contribution in [0.25, 0.3) is 22.3 Å². The monoisotopic (exact) mass is 350 g/mol. The minimum atomic E-state index is -0.944. The Morgan fingerprint density at radius 1 is 1.00 bits per heavy atom. The highest BCUT2D eigenvalue weighted by molar-refractivity contribution is 6.34. The SMILES string of the molecule is O=C(O)c1cccc(-c2cccc(Cl)c2-c2ccc3c(c2)CCO3)c1. The van der Waals surface area contributed by atoms with Gasteiger partial charge in [-0.25, -0.2) is 4.79 Å². The van der Waals surface area contributed by atoms with Crippen molar-refractivity contribution in [2.24, 2.45) is 0 Å². The summed E-state index contributed by atoms with van der Waals surface area (Å²) in [6, 6.07) is 18.7. The van der Waals surface area contributed by atoms with Crippen molar-refractivity contribution in [3.63, 3.8) is 0 Å². The molecule has 3 aromatic carbocycles. The second kappa shape index (κ2) is 6.26. The number of rotatable bonds is 3. The summed E-state index contributed by atoms with van der Waals surface area (Å²) in [7, 11) is 0. The van der Waals surface area contributed by atoms with Crippen molar-refractivity contribution in [1.82, 2.24) is 0 Å². The molecule has 0 saturated heterocycles. The molecule has 0 radical (unpaired) electrons. The van der Waals surface area contributed by atoms with E-state index >= 15 is 0 Å². The Morgan fingerprint density at radius 2 is 1.84 bits per heavy atom. The lowest BCUT2D eigenvalue weighted by molar-refractivity contribution is 0.0697. The van der Waals surface area contributed by atoms with Crippen LogP contribution in [0.15, 0.2) is 60.7 Å². The number of hydrogen-bond acceptors (Lipinski definition) is 2. The molecule has 3 aromatic rings. The average molecular weight is 351 g/mol.